The number of rotatable bonds is 13. The van der Waals surface area contributed by atoms with Crippen LogP contribution in [0.3, 0.4) is 0 Å². The zero-order valence-corrected chi connectivity index (χ0v) is 43.8. The van der Waals surface area contributed by atoms with Gasteiger partial charge in [-0.1, -0.05) is 12.1 Å². The average Bonchev–Trinajstić information content (AvgIpc) is 4.16. The van der Waals surface area contributed by atoms with Crippen LogP contribution in [0, 0.1) is 17.8 Å². The van der Waals surface area contributed by atoms with Crippen LogP contribution in [0.1, 0.15) is 105 Å². The second-order valence-electron chi connectivity index (χ2n) is 23.2. The van der Waals surface area contributed by atoms with Crippen molar-refractivity contribution < 1.29 is 41.9 Å². The second kappa shape index (κ2) is 20.9. The van der Waals surface area contributed by atoms with E-state index < -0.39 is 47.3 Å². The first-order chi connectivity index (χ1) is 37.2. The van der Waals surface area contributed by atoms with E-state index >= 15 is 0 Å². The average molecular weight is 1060 g/mol. The van der Waals surface area contributed by atoms with E-state index in [0.29, 0.717) is 73.0 Å². The monoisotopic (exact) mass is 1060 g/mol. The number of piperazine rings is 1. The van der Waals surface area contributed by atoms with Crippen molar-refractivity contribution in [1.82, 2.24) is 39.7 Å². The molecular formula is C57H68F3N11O6. The molecule has 1 N–H and O–H groups in total. The summed E-state index contributed by atoms with van der Waals surface area (Å²) in [6.07, 6.45) is 4.40. The number of imide groups is 2. The van der Waals surface area contributed by atoms with Gasteiger partial charge in [0.2, 0.25) is 11.8 Å². The number of anilines is 3. The Labute approximate surface area is 446 Å². The molecule has 0 bridgehead atoms. The third kappa shape index (κ3) is 10.3. The first kappa shape index (κ1) is 51.5. The van der Waals surface area contributed by atoms with E-state index in [4.69, 9.17) is 4.74 Å². The molecule has 6 saturated heterocycles. The van der Waals surface area contributed by atoms with Crippen LogP contribution in [0.5, 0.6) is 0 Å². The number of halogens is 3. The molecule has 408 valence electrons. The molecule has 0 spiro atoms. The number of amides is 5. The van der Waals surface area contributed by atoms with Gasteiger partial charge in [-0.2, -0.15) is 13.2 Å². The molecule has 8 aliphatic heterocycles. The molecule has 12 rings (SSSR count). The van der Waals surface area contributed by atoms with Crippen molar-refractivity contribution in [2.75, 3.05) is 113 Å². The number of piperidine rings is 4. The maximum Gasteiger partial charge on any atom is 0.416 e. The minimum Gasteiger partial charge on any atom is -0.379 e. The van der Waals surface area contributed by atoms with Gasteiger partial charge in [-0.15, -0.1) is 10.2 Å². The normalized spacial score (nSPS) is 24.2. The summed E-state index contributed by atoms with van der Waals surface area (Å²) in [6, 6.07) is 14.9. The lowest BCUT2D eigenvalue weighted by molar-refractivity contribution is -0.138. The summed E-state index contributed by atoms with van der Waals surface area (Å²) in [5, 5.41) is 10.6. The van der Waals surface area contributed by atoms with Gasteiger partial charge in [-0.25, -0.2) is 0 Å². The quantitative estimate of drug-likeness (QED) is 0.171. The molecule has 17 nitrogen and oxygen atoms in total. The number of aromatic nitrogens is 3. The number of hydrogen-bond donors (Lipinski definition) is 1. The zero-order valence-electron chi connectivity index (χ0n) is 43.8. The van der Waals surface area contributed by atoms with Crippen LogP contribution < -0.4 is 20.0 Å². The smallest absolute Gasteiger partial charge is 0.379 e. The Bertz CT molecular complexity index is 2940. The number of likely N-dealkylation sites (tertiary alicyclic amines) is 2. The molecule has 2 atom stereocenters. The lowest BCUT2D eigenvalue weighted by Gasteiger charge is -2.42. The van der Waals surface area contributed by atoms with Crippen molar-refractivity contribution in [1.29, 1.82) is 0 Å². The van der Waals surface area contributed by atoms with Crippen molar-refractivity contribution >= 4 is 46.6 Å². The van der Waals surface area contributed by atoms with Crippen LogP contribution in [0.2, 0.25) is 0 Å². The van der Waals surface area contributed by atoms with Gasteiger partial charge in [-0.05, 0) is 142 Å². The Morgan fingerprint density at radius 2 is 1.35 bits per heavy atom. The molecular weight excluding hydrogens is 992 g/mol. The van der Waals surface area contributed by atoms with Gasteiger partial charge in [0.05, 0.1) is 36.4 Å². The summed E-state index contributed by atoms with van der Waals surface area (Å²) in [4.78, 5) is 79.6. The van der Waals surface area contributed by atoms with Gasteiger partial charge in [0.1, 0.15) is 18.2 Å². The molecule has 8 aliphatic rings. The maximum atomic E-state index is 14.9. The SMILES string of the molecule is Cn1cnnc1CC1(c2cccc(N3Cc4c(cc(N5CCC[C@H](CN6CCC(CN7CCC(CN8CCN(c9ccc%10c(c9)C(=O)N(C9CCC(=O)NC9=O)C%10=O)CC8)CC7)CC6)C5)cc4C(F)(F)F)C3=O)c2)COC1. The van der Waals surface area contributed by atoms with Gasteiger partial charge < -0.3 is 33.8 Å². The van der Waals surface area contributed by atoms with E-state index in [2.05, 4.69) is 40.0 Å². The topological polar surface area (TPSA) is 160 Å². The lowest BCUT2D eigenvalue weighted by atomic mass is 9.75. The number of carbonyl (C=O) groups excluding carboxylic acids is 5. The van der Waals surface area contributed by atoms with E-state index in [1.165, 1.54) is 23.8 Å². The number of nitrogens with zero attached hydrogens (tertiary/aromatic N) is 10. The number of nitrogens with one attached hydrogen (secondary N) is 1. The van der Waals surface area contributed by atoms with Crippen molar-refractivity contribution in [2.24, 2.45) is 24.8 Å². The zero-order chi connectivity index (χ0) is 53.2. The number of benzene rings is 3. The highest BCUT2D eigenvalue weighted by Crippen LogP contribution is 2.44. The molecule has 0 saturated carbocycles. The predicted molar refractivity (Wildman–Crippen MR) is 281 cm³/mol. The predicted octanol–water partition coefficient (Wildman–Crippen LogP) is 5.37. The van der Waals surface area contributed by atoms with Gasteiger partial charge in [0, 0.05) is 107 Å². The number of carbonyl (C=O) groups is 5. The van der Waals surface area contributed by atoms with Gasteiger partial charge in [0.15, 0.2) is 0 Å². The molecule has 1 unspecified atom stereocenters. The van der Waals surface area contributed by atoms with Gasteiger partial charge in [-0.3, -0.25) is 39.1 Å². The Morgan fingerprint density at radius 1 is 0.675 bits per heavy atom. The van der Waals surface area contributed by atoms with Crippen LogP contribution in [0.4, 0.5) is 30.2 Å². The van der Waals surface area contributed by atoms with Gasteiger partial charge in [0.25, 0.3) is 17.7 Å². The first-order valence-corrected chi connectivity index (χ1v) is 27.8. The number of ether oxygens (including phenoxy) is 1. The lowest BCUT2D eigenvalue weighted by Crippen LogP contribution is -2.54. The van der Waals surface area contributed by atoms with Crippen LogP contribution in [0.25, 0.3) is 0 Å². The Hall–Kier alpha value is -6.22. The maximum absolute atomic E-state index is 14.9. The molecule has 0 aliphatic carbocycles. The van der Waals surface area contributed by atoms with Crippen LogP contribution in [-0.4, -0.2) is 168 Å². The standard InChI is InChI=1S/C57H68F3N11O6/c1-64-36-61-63-50(64)28-56(34-77-35-56)40-5-2-6-42(24-40)70-33-47-46(53(70)74)26-43(27-48(47)57(58,59)60)69-15-3-4-39(32-69)31-66-18-13-37(14-19-66)29-65-16-11-38(12-17-65)30-67-20-22-68(23-21-67)41-7-8-44-45(25-41)55(76)71(54(44)75)49-9-10-51(72)62-52(49)73/h2,5-8,24-27,36-39,49H,3-4,9-23,28-35H2,1H3,(H,62,72,73)/t39-,49?/m1/s1. The third-order valence-electron chi connectivity index (χ3n) is 18.2. The van der Waals surface area contributed by atoms with Crippen molar-refractivity contribution in [3.8, 4) is 0 Å². The Morgan fingerprint density at radius 3 is 2.00 bits per heavy atom. The molecule has 6 fully saturated rings. The summed E-state index contributed by atoms with van der Waals surface area (Å²) >= 11 is 0. The first-order valence-electron chi connectivity index (χ1n) is 27.8. The highest BCUT2D eigenvalue weighted by Gasteiger charge is 2.47. The van der Waals surface area contributed by atoms with Crippen molar-refractivity contribution in [3.05, 3.63) is 100 Å². The number of aryl methyl sites for hydroxylation is 1. The summed E-state index contributed by atoms with van der Waals surface area (Å²) in [5.74, 6) is 0.0335. The van der Waals surface area contributed by atoms with E-state index in [0.717, 1.165) is 120 Å². The molecule has 5 amide bonds. The fourth-order valence-corrected chi connectivity index (χ4v) is 13.6. The summed E-state index contributed by atoms with van der Waals surface area (Å²) in [7, 11) is 1.89. The summed E-state index contributed by atoms with van der Waals surface area (Å²) in [5.41, 5.74) is 2.54. The fraction of sp³-hybridized carbons (Fsp3) is 0.561. The molecule has 20 heteroatoms. The molecule has 1 aromatic heterocycles. The molecule has 3 aromatic carbocycles. The van der Waals surface area contributed by atoms with Crippen LogP contribution in [0.15, 0.2) is 60.9 Å². The largest absolute Gasteiger partial charge is 0.416 e. The highest BCUT2D eigenvalue weighted by molar-refractivity contribution is 6.23. The van der Waals surface area contributed by atoms with E-state index in [1.807, 2.05) is 35.9 Å². The van der Waals surface area contributed by atoms with Crippen LogP contribution in [-0.2, 0) is 45.9 Å². The molecule has 4 aromatic rings. The Kier molecular flexibility index (Phi) is 14.0. The third-order valence-corrected chi connectivity index (χ3v) is 18.2. The number of alkyl halides is 3. The van der Waals surface area contributed by atoms with Crippen molar-refractivity contribution in [2.45, 2.75) is 82.0 Å². The van der Waals surface area contributed by atoms with E-state index in [-0.39, 0.29) is 35.9 Å². The molecule has 9 heterocycles. The van der Waals surface area contributed by atoms with E-state index in [9.17, 15) is 37.1 Å². The Balaban J connectivity index is 0.590. The summed E-state index contributed by atoms with van der Waals surface area (Å²) in [6.45, 7) is 13.0. The number of hydrogen-bond acceptors (Lipinski definition) is 13. The second-order valence-corrected chi connectivity index (χ2v) is 23.2. The van der Waals surface area contributed by atoms with Crippen LogP contribution >= 0.6 is 0 Å². The fourth-order valence-electron chi connectivity index (χ4n) is 13.6. The van der Waals surface area contributed by atoms with E-state index in [1.54, 1.807) is 30.6 Å². The molecule has 77 heavy (non-hydrogen) atoms. The van der Waals surface area contributed by atoms with Gasteiger partial charge >= 0.3 is 6.18 Å². The minimum absolute atomic E-state index is 0.0323. The minimum atomic E-state index is -4.62. The highest BCUT2D eigenvalue weighted by atomic mass is 19.4. The van der Waals surface area contributed by atoms with Crippen molar-refractivity contribution in [3.63, 3.8) is 0 Å². The molecule has 0 radical (unpaired) electrons. The summed E-state index contributed by atoms with van der Waals surface area (Å²) < 4.78 is 52.4. The number of fused-ring (bicyclic) bond motifs is 2.